The molecule has 180 valence electrons. The number of ether oxygens (including phenoxy) is 3. The highest BCUT2D eigenvalue weighted by Gasteiger charge is 2.34. The molecule has 0 unspecified atom stereocenters. The van der Waals surface area contributed by atoms with Crippen molar-refractivity contribution in [2.45, 2.75) is 84.2 Å². The summed E-state index contributed by atoms with van der Waals surface area (Å²) < 4.78 is 17.1. The first-order chi connectivity index (χ1) is 16.2. The fraction of sp³-hybridized carbons (Fsp3) is 0.593. The molecule has 2 heterocycles. The van der Waals surface area contributed by atoms with E-state index >= 15 is 0 Å². The van der Waals surface area contributed by atoms with Crippen LogP contribution < -0.4 is 9.47 Å². The lowest BCUT2D eigenvalue weighted by Gasteiger charge is -2.11. The first-order valence-electron chi connectivity index (χ1n) is 12.6. The van der Waals surface area contributed by atoms with Crippen molar-refractivity contribution in [3.05, 3.63) is 36.7 Å². The molecule has 1 aliphatic rings. The van der Waals surface area contributed by atoms with Crippen LogP contribution in [0.15, 0.2) is 36.7 Å². The van der Waals surface area contributed by atoms with Gasteiger partial charge in [-0.1, -0.05) is 58.8 Å². The molecule has 0 aliphatic carbocycles. The summed E-state index contributed by atoms with van der Waals surface area (Å²) in [4.78, 5) is 20.8. The van der Waals surface area contributed by atoms with Crippen LogP contribution in [0.4, 0.5) is 0 Å². The minimum absolute atomic E-state index is 0.0239. The molecule has 1 aromatic heterocycles. The van der Waals surface area contributed by atoms with Gasteiger partial charge in [-0.2, -0.15) is 0 Å². The first kappa shape index (κ1) is 25.0. The van der Waals surface area contributed by atoms with Crippen molar-refractivity contribution >= 4 is 5.97 Å². The number of cyclic esters (lactones) is 1. The number of hydrogen-bond donors (Lipinski definition) is 0. The Morgan fingerprint density at radius 2 is 1.58 bits per heavy atom. The van der Waals surface area contributed by atoms with Crippen molar-refractivity contribution in [3.8, 4) is 22.9 Å². The van der Waals surface area contributed by atoms with Crippen molar-refractivity contribution < 1.29 is 19.0 Å². The molecule has 6 heteroatoms. The van der Waals surface area contributed by atoms with Crippen LogP contribution >= 0.6 is 0 Å². The number of benzene rings is 1. The van der Waals surface area contributed by atoms with E-state index in [9.17, 15) is 4.79 Å². The monoisotopic (exact) mass is 454 g/mol. The summed E-state index contributed by atoms with van der Waals surface area (Å²) in [6.07, 6.45) is 14.5. The second-order valence-electron chi connectivity index (χ2n) is 8.83. The van der Waals surface area contributed by atoms with Gasteiger partial charge >= 0.3 is 5.97 Å². The molecule has 3 rings (SSSR count). The number of carbonyl (C=O) groups is 1. The van der Waals surface area contributed by atoms with Gasteiger partial charge < -0.3 is 14.2 Å². The lowest BCUT2D eigenvalue weighted by atomic mass is 9.99. The van der Waals surface area contributed by atoms with Crippen LogP contribution in [0, 0.1) is 5.92 Å². The molecule has 1 aromatic carbocycles. The molecule has 6 nitrogen and oxygen atoms in total. The number of nitrogens with zero attached hydrogens (tertiary/aromatic N) is 2. The molecule has 33 heavy (non-hydrogen) atoms. The molecule has 1 fully saturated rings. The van der Waals surface area contributed by atoms with E-state index in [2.05, 4.69) is 23.8 Å². The van der Waals surface area contributed by atoms with Gasteiger partial charge in [-0.25, -0.2) is 9.97 Å². The minimum atomic E-state index is -0.161. The molecule has 0 spiro atoms. The lowest BCUT2D eigenvalue weighted by Crippen LogP contribution is -2.17. The fourth-order valence-corrected chi connectivity index (χ4v) is 4.01. The maximum absolute atomic E-state index is 11.9. The molecule has 2 atom stereocenters. The van der Waals surface area contributed by atoms with Crippen LogP contribution in [0.2, 0.25) is 0 Å². The highest BCUT2D eigenvalue weighted by atomic mass is 16.6. The smallest absolute Gasteiger partial charge is 0.309 e. The van der Waals surface area contributed by atoms with E-state index in [0.717, 1.165) is 43.4 Å². The maximum Gasteiger partial charge on any atom is 0.309 e. The highest BCUT2D eigenvalue weighted by molar-refractivity contribution is 5.74. The van der Waals surface area contributed by atoms with Gasteiger partial charge in [-0.15, -0.1) is 0 Å². The van der Waals surface area contributed by atoms with Gasteiger partial charge in [0.25, 0.3) is 0 Å². The third-order valence-electron chi connectivity index (χ3n) is 6.01. The van der Waals surface area contributed by atoms with Gasteiger partial charge in [-0.05, 0) is 37.1 Å². The van der Waals surface area contributed by atoms with Gasteiger partial charge in [0, 0.05) is 12.0 Å². The second kappa shape index (κ2) is 13.8. The summed E-state index contributed by atoms with van der Waals surface area (Å²) in [5.74, 6) is 2.04. The zero-order valence-corrected chi connectivity index (χ0v) is 20.1. The van der Waals surface area contributed by atoms with Crippen molar-refractivity contribution in [1.29, 1.82) is 0 Å². The van der Waals surface area contributed by atoms with Crippen LogP contribution in [-0.2, 0) is 9.53 Å². The molecule has 0 radical (unpaired) electrons. The number of hydrogen-bond acceptors (Lipinski definition) is 6. The SMILES string of the molecule is CCCCCCCCOc1cnc(-c2ccc(OC[C@@H]3C[C@@H](CCCC)C(=O)O3)cc2)nc1. The lowest BCUT2D eigenvalue weighted by molar-refractivity contribution is -0.145. The summed E-state index contributed by atoms with van der Waals surface area (Å²) in [6.45, 7) is 5.45. The van der Waals surface area contributed by atoms with Gasteiger partial charge in [0.15, 0.2) is 11.6 Å². The Kier molecular flexibility index (Phi) is 10.5. The van der Waals surface area contributed by atoms with Crippen molar-refractivity contribution in [3.63, 3.8) is 0 Å². The number of carbonyl (C=O) groups excluding carboxylic acids is 1. The Morgan fingerprint density at radius 1 is 0.879 bits per heavy atom. The predicted molar refractivity (Wildman–Crippen MR) is 129 cm³/mol. The molecular weight excluding hydrogens is 416 g/mol. The summed E-state index contributed by atoms with van der Waals surface area (Å²) in [5.41, 5.74) is 0.914. The molecule has 0 saturated carbocycles. The number of rotatable bonds is 15. The van der Waals surface area contributed by atoms with Gasteiger partial charge in [0.05, 0.1) is 24.9 Å². The summed E-state index contributed by atoms with van der Waals surface area (Å²) in [5, 5.41) is 0. The third kappa shape index (κ3) is 8.34. The molecule has 0 amide bonds. The molecule has 1 saturated heterocycles. The maximum atomic E-state index is 11.9. The molecule has 0 N–H and O–H groups in total. The van der Waals surface area contributed by atoms with E-state index in [1.807, 2.05) is 24.3 Å². The average Bonchev–Trinajstić information content (AvgIpc) is 3.21. The predicted octanol–water partition coefficient (Wildman–Crippen LogP) is 6.38. The molecule has 2 aromatic rings. The normalized spacial score (nSPS) is 17.7. The molecule has 1 aliphatic heterocycles. The Morgan fingerprint density at radius 3 is 2.30 bits per heavy atom. The van der Waals surface area contributed by atoms with E-state index < -0.39 is 0 Å². The van der Waals surface area contributed by atoms with Crippen LogP contribution in [-0.4, -0.2) is 35.3 Å². The van der Waals surface area contributed by atoms with E-state index in [4.69, 9.17) is 14.2 Å². The average molecular weight is 455 g/mol. The topological polar surface area (TPSA) is 70.5 Å². The third-order valence-corrected chi connectivity index (χ3v) is 6.01. The molecule has 0 bridgehead atoms. The number of unbranched alkanes of at least 4 members (excludes halogenated alkanes) is 6. The Balaban J connectivity index is 1.39. The van der Waals surface area contributed by atoms with Crippen molar-refractivity contribution in [2.24, 2.45) is 5.92 Å². The Labute approximate surface area is 198 Å². The Hall–Kier alpha value is -2.63. The summed E-state index contributed by atoms with van der Waals surface area (Å²) in [7, 11) is 0. The quantitative estimate of drug-likeness (QED) is 0.230. The first-order valence-corrected chi connectivity index (χ1v) is 12.6. The zero-order chi connectivity index (χ0) is 23.3. The van der Waals surface area contributed by atoms with Gasteiger partial charge in [-0.3, -0.25) is 4.79 Å². The van der Waals surface area contributed by atoms with Crippen LogP contribution in [0.3, 0.4) is 0 Å². The standard InChI is InChI=1S/C27H38N2O4/c1-3-5-7-8-9-10-16-31-25-18-28-26(29-19-25)21-12-14-23(15-13-21)32-20-24-17-22(11-6-4-2)27(30)33-24/h12-15,18-19,22,24H,3-11,16-17,20H2,1-2H3/t22-,24+/m1/s1. The second-order valence-corrected chi connectivity index (χ2v) is 8.83. The minimum Gasteiger partial charge on any atom is -0.490 e. The van der Waals surface area contributed by atoms with Crippen molar-refractivity contribution in [2.75, 3.05) is 13.2 Å². The van der Waals surface area contributed by atoms with Crippen LogP contribution in [0.5, 0.6) is 11.5 Å². The summed E-state index contributed by atoms with van der Waals surface area (Å²) in [6, 6.07) is 7.67. The zero-order valence-electron chi connectivity index (χ0n) is 20.1. The summed E-state index contributed by atoms with van der Waals surface area (Å²) >= 11 is 0. The fourth-order valence-electron chi connectivity index (χ4n) is 4.01. The van der Waals surface area contributed by atoms with E-state index in [1.165, 1.54) is 32.1 Å². The van der Waals surface area contributed by atoms with Gasteiger partial charge in [0.1, 0.15) is 18.5 Å². The van der Waals surface area contributed by atoms with Gasteiger partial charge in [0.2, 0.25) is 0 Å². The van der Waals surface area contributed by atoms with E-state index in [0.29, 0.717) is 24.8 Å². The van der Waals surface area contributed by atoms with E-state index in [-0.39, 0.29) is 18.0 Å². The number of aromatic nitrogens is 2. The Bertz CT molecular complexity index is 823. The van der Waals surface area contributed by atoms with Crippen LogP contribution in [0.1, 0.15) is 78.1 Å². The largest absolute Gasteiger partial charge is 0.490 e. The highest BCUT2D eigenvalue weighted by Crippen LogP contribution is 2.27. The van der Waals surface area contributed by atoms with E-state index in [1.54, 1.807) is 12.4 Å². The molecular formula is C27H38N2O4. The number of esters is 1. The van der Waals surface area contributed by atoms with Crippen molar-refractivity contribution in [1.82, 2.24) is 9.97 Å². The van der Waals surface area contributed by atoms with Crippen LogP contribution in [0.25, 0.3) is 11.4 Å².